The van der Waals surface area contributed by atoms with Gasteiger partial charge in [-0.2, -0.15) is 0 Å². The zero-order valence-corrected chi connectivity index (χ0v) is 15.3. The molecule has 25 heavy (non-hydrogen) atoms. The average molecular weight is 420 g/mol. The molecule has 2 aromatic rings. The minimum atomic E-state index is -1.63. The summed E-state index contributed by atoms with van der Waals surface area (Å²) in [6.07, 6.45) is 0. The maximum atomic E-state index is 11.2. The molecule has 0 aliphatic heterocycles. The number of benzene rings is 2. The van der Waals surface area contributed by atoms with E-state index in [0.29, 0.717) is 0 Å². The Morgan fingerprint density at radius 1 is 0.760 bits per heavy atom. The summed E-state index contributed by atoms with van der Waals surface area (Å²) in [6, 6.07) is 7.86. The van der Waals surface area contributed by atoms with E-state index in [2.05, 4.69) is 0 Å². The van der Waals surface area contributed by atoms with Gasteiger partial charge in [0, 0.05) is 21.2 Å². The van der Waals surface area contributed by atoms with Gasteiger partial charge in [0.1, 0.15) is 0 Å². The van der Waals surface area contributed by atoms with Crippen molar-refractivity contribution < 1.29 is 24.2 Å². The van der Waals surface area contributed by atoms with Crippen molar-refractivity contribution in [2.45, 2.75) is 0 Å². The highest BCUT2D eigenvalue weighted by atomic mass is 35.5. The van der Waals surface area contributed by atoms with Crippen LogP contribution in [0.15, 0.2) is 36.4 Å². The molecule has 5 nitrogen and oxygen atoms in total. The third-order valence-corrected chi connectivity index (χ3v) is 4.00. The molecule has 0 aliphatic rings. The highest BCUT2D eigenvalue weighted by Gasteiger charge is 2.28. The Kier molecular flexibility index (Phi) is 6.93. The molecule has 0 spiro atoms. The average Bonchev–Trinajstić information content (AvgIpc) is 2.53. The van der Waals surface area contributed by atoms with E-state index in [-0.39, 0.29) is 32.1 Å². The minimum Gasteiger partial charge on any atom is -0.443 e. The summed E-state index contributed by atoms with van der Waals surface area (Å²) in [5.41, 5.74) is 0.315. The van der Waals surface area contributed by atoms with E-state index in [9.17, 15) is 19.6 Å². The second-order valence-electron chi connectivity index (χ2n) is 4.93. The van der Waals surface area contributed by atoms with Crippen LogP contribution >= 0.6 is 46.4 Å². The molecule has 0 radical (unpaired) electrons. The fourth-order valence-corrected chi connectivity index (χ4v) is 2.72. The molecule has 0 saturated carbocycles. The second-order valence-corrected chi connectivity index (χ2v) is 6.49. The molecular formula is C14H8B2Cl4O5. The molecule has 0 fully saturated rings. The molecule has 0 saturated heterocycles. The molecule has 11 heteroatoms. The van der Waals surface area contributed by atoms with Crippen LogP contribution in [-0.2, 0) is 4.57 Å². The van der Waals surface area contributed by atoms with Crippen molar-refractivity contribution in [3.63, 3.8) is 0 Å². The van der Waals surface area contributed by atoms with Crippen LogP contribution in [0.3, 0.4) is 0 Å². The molecule has 0 unspecified atom stereocenters. The van der Waals surface area contributed by atoms with Gasteiger partial charge in [0.2, 0.25) is 0 Å². The van der Waals surface area contributed by atoms with Gasteiger partial charge in [0.15, 0.2) is 0 Å². The van der Waals surface area contributed by atoms with Crippen molar-refractivity contribution in [2.75, 3.05) is 0 Å². The molecule has 128 valence electrons. The van der Waals surface area contributed by atoms with Gasteiger partial charge < -0.3 is 14.6 Å². The topological polar surface area (TPSA) is 83.8 Å². The van der Waals surface area contributed by atoms with Crippen molar-refractivity contribution in [1.82, 2.24) is 0 Å². The molecule has 0 bridgehead atoms. The van der Waals surface area contributed by atoms with Crippen LogP contribution in [0.2, 0.25) is 10.0 Å². The Balaban J connectivity index is 2.24. The van der Waals surface area contributed by atoms with Gasteiger partial charge in [0.05, 0.1) is 0 Å². The quantitative estimate of drug-likeness (QED) is 0.551. The largest absolute Gasteiger partial charge is 0.477 e. The number of carbonyl (C=O) groups is 2. The molecule has 0 heterocycles. The van der Waals surface area contributed by atoms with Crippen molar-refractivity contribution in [3.8, 4) is 0 Å². The predicted octanol–water partition coefficient (Wildman–Crippen LogP) is 1.84. The van der Waals surface area contributed by atoms with E-state index in [1.807, 2.05) is 0 Å². The zero-order chi connectivity index (χ0) is 18.7. The maximum absolute atomic E-state index is 11.2. The molecule has 0 aliphatic carbocycles. The van der Waals surface area contributed by atoms with Gasteiger partial charge in [-0.1, -0.05) is 35.3 Å². The second kappa shape index (κ2) is 8.56. The third kappa shape index (κ3) is 5.46. The van der Waals surface area contributed by atoms with Crippen LogP contribution in [0.4, 0.5) is 0 Å². The molecule has 0 atom stereocenters. The smallest absolute Gasteiger partial charge is 0.443 e. The first-order valence-corrected chi connectivity index (χ1v) is 8.21. The zero-order valence-electron chi connectivity index (χ0n) is 12.2. The SMILES string of the molecule is O=C(Cl)c1cc(Cl)cc(B(O)OB(O)c2cc(Cl)cc(C(=O)Cl)c2)c1. The summed E-state index contributed by atoms with van der Waals surface area (Å²) < 4.78 is 5.09. The van der Waals surface area contributed by atoms with E-state index in [1.165, 1.54) is 36.4 Å². The number of hydrogen-bond donors (Lipinski definition) is 2. The Hall–Kier alpha value is -1.05. The Morgan fingerprint density at radius 3 is 1.44 bits per heavy atom. The first kappa shape index (κ1) is 20.3. The monoisotopic (exact) mass is 418 g/mol. The van der Waals surface area contributed by atoms with Gasteiger partial charge in [-0.15, -0.1) is 0 Å². The number of hydrogen-bond acceptors (Lipinski definition) is 5. The molecule has 0 aromatic heterocycles. The summed E-state index contributed by atoms with van der Waals surface area (Å²) in [5, 5.41) is 19.0. The fourth-order valence-electron chi connectivity index (χ4n) is 2.02. The van der Waals surface area contributed by atoms with Gasteiger partial charge in [-0.05, 0) is 58.4 Å². The normalized spacial score (nSPS) is 10.5. The first-order valence-electron chi connectivity index (χ1n) is 6.69. The fraction of sp³-hybridized carbons (Fsp3) is 0. The van der Waals surface area contributed by atoms with Crippen LogP contribution in [0.1, 0.15) is 20.7 Å². The van der Waals surface area contributed by atoms with E-state index in [0.717, 1.165) is 0 Å². The Morgan fingerprint density at radius 2 is 1.12 bits per heavy atom. The van der Waals surface area contributed by atoms with Crippen LogP contribution in [0.5, 0.6) is 0 Å². The highest BCUT2D eigenvalue weighted by molar-refractivity contribution is 6.74. The number of rotatable bonds is 6. The summed E-state index contributed by atoms with van der Waals surface area (Å²) >= 11 is 22.5. The van der Waals surface area contributed by atoms with Crippen LogP contribution in [0, 0.1) is 0 Å². The van der Waals surface area contributed by atoms with Crippen LogP contribution in [0.25, 0.3) is 0 Å². The number of halogens is 4. The van der Waals surface area contributed by atoms with Crippen molar-refractivity contribution in [2.24, 2.45) is 0 Å². The van der Waals surface area contributed by atoms with Gasteiger partial charge in [0.25, 0.3) is 10.5 Å². The predicted molar refractivity (Wildman–Crippen MR) is 99.6 cm³/mol. The van der Waals surface area contributed by atoms with Gasteiger partial charge >= 0.3 is 14.2 Å². The molecule has 2 N–H and O–H groups in total. The lowest BCUT2D eigenvalue weighted by atomic mass is 9.71. The van der Waals surface area contributed by atoms with E-state index >= 15 is 0 Å². The standard InChI is InChI=1S/C14H8B2Cl4O5/c17-11-3-7(13(19)21)1-9(5-11)15(23)25-16(24)10-2-8(14(20)22)4-12(18)6-10/h1-6,23-24H. The van der Waals surface area contributed by atoms with Crippen molar-refractivity contribution in [3.05, 3.63) is 57.6 Å². The minimum absolute atomic E-state index is 0.0547. The maximum Gasteiger partial charge on any atom is 0.477 e. The van der Waals surface area contributed by atoms with E-state index < -0.39 is 24.7 Å². The lowest BCUT2D eigenvalue weighted by Crippen LogP contribution is -2.45. The molecule has 2 rings (SSSR count). The van der Waals surface area contributed by atoms with Crippen LogP contribution < -0.4 is 10.9 Å². The summed E-state index contributed by atoms with van der Waals surface area (Å²) in [7, 11) is -3.25. The molecule has 2 aromatic carbocycles. The van der Waals surface area contributed by atoms with E-state index in [4.69, 9.17) is 51.0 Å². The highest BCUT2D eigenvalue weighted by Crippen LogP contribution is 2.14. The van der Waals surface area contributed by atoms with E-state index in [1.54, 1.807) is 0 Å². The van der Waals surface area contributed by atoms with Crippen molar-refractivity contribution in [1.29, 1.82) is 0 Å². The Bertz CT molecular complexity index is 765. The van der Waals surface area contributed by atoms with Crippen LogP contribution in [-0.4, -0.2) is 34.8 Å². The van der Waals surface area contributed by atoms with Gasteiger partial charge in [-0.3, -0.25) is 9.59 Å². The third-order valence-electron chi connectivity index (χ3n) is 3.12. The summed E-state index contributed by atoms with van der Waals surface area (Å²) in [6.45, 7) is 0. The lowest BCUT2D eigenvalue weighted by Gasteiger charge is -2.14. The summed E-state index contributed by atoms with van der Waals surface area (Å²) in [5.74, 6) is 0. The van der Waals surface area contributed by atoms with Gasteiger partial charge in [-0.25, -0.2) is 0 Å². The first-order chi connectivity index (χ1) is 11.7. The number of carbonyl (C=O) groups excluding carboxylic acids is 2. The molecular weight excluding hydrogens is 412 g/mol. The van der Waals surface area contributed by atoms with Crippen molar-refractivity contribution >= 4 is 82.1 Å². The lowest BCUT2D eigenvalue weighted by molar-refractivity contribution is 0.107. The Labute approximate surface area is 163 Å². The summed E-state index contributed by atoms with van der Waals surface area (Å²) in [4.78, 5) is 22.5. The molecule has 0 amide bonds.